The van der Waals surface area contributed by atoms with Crippen LogP contribution in [-0.2, 0) is 11.0 Å². The molecule has 0 radical (unpaired) electrons. The molecule has 2 heterocycles. The molecule has 0 saturated carbocycles. The van der Waals surface area contributed by atoms with Gasteiger partial charge >= 0.3 is 6.18 Å². The number of rotatable bonds is 4. The number of Topliss-reactive ketones (excluding diaryl/α,β-unsaturated/α-hetero) is 1. The van der Waals surface area contributed by atoms with E-state index < -0.39 is 35.2 Å². The number of carbonyl (C=O) groups excluding carboxylic acids is 2. The van der Waals surface area contributed by atoms with Crippen molar-refractivity contribution in [3.05, 3.63) is 92.1 Å². The number of aliphatic hydroxyl groups is 1. The first-order valence-electron chi connectivity index (χ1n) is 9.99. The molecule has 3 aromatic rings. The van der Waals surface area contributed by atoms with Gasteiger partial charge in [-0.25, -0.2) is 4.98 Å². The van der Waals surface area contributed by atoms with Crippen LogP contribution in [0.3, 0.4) is 0 Å². The second-order valence-electron chi connectivity index (χ2n) is 7.72. The SMILES string of the molecule is Cc1nc(C)c(C(=O)C2=C(O)C(=O)N(c3cccc(C(F)(F)F)c3)C2c2ccccc2C)s1. The van der Waals surface area contributed by atoms with E-state index in [2.05, 4.69) is 4.98 Å². The highest BCUT2D eigenvalue weighted by Gasteiger charge is 2.46. The van der Waals surface area contributed by atoms with Gasteiger partial charge in [-0.3, -0.25) is 14.5 Å². The summed E-state index contributed by atoms with van der Waals surface area (Å²) < 4.78 is 40.1. The molecule has 1 N–H and O–H groups in total. The normalized spacial score (nSPS) is 16.6. The van der Waals surface area contributed by atoms with E-state index in [1.807, 2.05) is 0 Å². The third kappa shape index (κ3) is 3.93. The number of hydrogen-bond donors (Lipinski definition) is 1. The van der Waals surface area contributed by atoms with Crippen LogP contribution in [0.25, 0.3) is 0 Å². The Labute approximate surface area is 191 Å². The summed E-state index contributed by atoms with van der Waals surface area (Å²) in [4.78, 5) is 32.3. The molecule has 1 aliphatic rings. The van der Waals surface area contributed by atoms with Crippen LogP contribution in [0.15, 0.2) is 59.9 Å². The van der Waals surface area contributed by atoms with Crippen LogP contribution in [0.5, 0.6) is 0 Å². The minimum atomic E-state index is -4.62. The Balaban J connectivity index is 1.92. The van der Waals surface area contributed by atoms with Gasteiger partial charge in [-0.1, -0.05) is 30.3 Å². The lowest BCUT2D eigenvalue weighted by atomic mass is 9.92. The van der Waals surface area contributed by atoms with Crippen molar-refractivity contribution in [2.24, 2.45) is 0 Å². The van der Waals surface area contributed by atoms with Crippen LogP contribution < -0.4 is 4.90 Å². The van der Waals surface area contributed by atoms with Gasteiger partial charge in [-0.05, 0) is 50.1 Å². The molecule has 2 aromatic carbocycles. The molecule has 170 valence electrons. The van der Waals surface area contributed by atoms with Crippen LogP contribution in [0.1, 0.15) is 43.1 Å². The number of alkyl halides is 3. The van der Waals surface area contributed by atoms with Crippen molar-refractivity contribution >= 4 is 28.7 Å². The van der Waals surface area contributed by atoms with Gasteiger partial charge in [0.25, 0.3) is 5.91 Å². The molecule has 9 heteroatoms. The standard InChI is InChI=1S/C24H19F3N2O3S/c1-12-7-4-5-10-17(12)19-18(20(30)22-13(2)28-14(3)33-22)21(31)23(32)29(19)16-9-6-8-15(11-16)24(25,26)27/h4-11,19,31H,1-3H3. The molecule has 0 bridgehead atoms. The zero-order valence-corrected chi connectivity index (χ0v) is 18.7. The van der Waals surface area contributed by atoms with Crippen molar-refractivity contribution in [3.63, 3.8) is 0 Å². The molecule has 0 saturated heterocycles. The zero-order chi connectivity index (χ0) is 24.1. The number of anilines is 1. The third-order valence-electron chi connectivity index (χ3n) is 5.50. The lowest BCUT2D eigenvalue weighted by molar-refractivity contribution is -0.137. The van der Waals surface area contributed by atoms with Crippen LogP contribution >= 0.6 is 11.3 Å². The van der Waals surface area contributed by atoms with Crippen LogP contribution in [-0.4, -0.2) is 21.8 Å². The number of amides is 1. The number of aryl methyl sites for hydroxylation is 3. The molecule has 4 rings (SSSR count). The topological polar surface area (TPSA) is 70.5 Å². The first-order chi connectivity index (χ1) is 15.5. The fourth-order valence-electron chi connectivity index (χ4n) is 3.99. The number of carbonyl (C=O) groups is 2. The third-order valence-corrected chi connectivity index (χ3v) is 6.57. The average molecular weight is 472 g/mol. The van der Waals surface area contributed by atoms with Crippen molar-refractivity contribution in [3.8, 4) is 0 Å². The Morgan fingerprint density at radius 2 is 1.79 bits per heavy atom. The van der Waals surface area contributed by atoms with Crippen LogP contribution in [0.2, 0.25) is 0 Å². The Hall–Kier alpha value is -3.46. The van der Waals surface area contributed by atoms with Gasteiger partial charge in [0.1, 0.15) is 0 Å². The van der Waals surface area contributed by atoms with Gasteiger partial charge in [0, 0.05) is 5.69 Å². The minimum Gasteiger partial charge on any atom is -0.503 e. The van der Waals surface area contributed by atoms with Crippen molar-refractivity contribution in [2.45, 2.75) is 33.0 Å². The lowest BCUT2D eigenvalue weighted by Gasteiger charge is -2.28. The summed E-state index contributed by atoms with van der Waals surface area (Å²) in [5, 5.41) is 11.4. The van der Waals surface area contributed by atoms with Gasteiger partial charge in [-0.2, -0.15) is 13.2 Å². The van der Waals surface area contributed by atoms with E-state index in [0.717, 1.165) is 28.4 Å². The fraction of sp³-hybridized carbons (Fsp3) is 0.208. The summed E-state index contributed by atoms with van der Waals surface area (Å²) >= 11 is 1.13. The Morgan fingerprint density at radius 3 is 2.39 bits per heavy atom. The summed E-state index contributed by atoms with van der Waals surface area (Å²) in [6.45, 7) is 5.15. The molecule has 5 nitrogen and oxygen atoms in total. The number of aromatic nitrogens is 1. The zero-order valence-electron chi connectivity index (χ0n) is 17.9. The second-order valence-corrected chi connectivity index (χ2v) is 8.92. The number of nitrogens with zero attached hydrogens (tertiary/aromatic N) is 2. The van der Waals surface area contributed by atoms with Gasteiger partial charge in [0.05, 0.1) is 32.8 Å². The van der Waals surface area contributed by atoms with E-state index in [0.29, 0.717) is 21.8 Å². The molecule has 1 atom stereocenters. The first-order valence-corrected chi connectivity index (χ1v) is 10.8. The monoisotopic (exact) mass is 472 g/mol. The smallest absolute Gasteiger partial charge is 0.416 e. The van der Waals surface area contributed by atoms with Crippen molar-refractivity contribution in [1.29, 1.82) is 0 Å². The van der Waals surface area contributed by atoms with E-state index in [4.69, 9.17) is 0 Å². The quantitative estimate of drug-likeness (QED) is 0.482. The largest absolute Gasteiger partial charge is 0.503 e. The van der Waals surface area contributed by atoms with E-state index in [1.54, 1.807) is 45.0 Å². The van der Waals surface area contributed by atoms with Crippen molar-refractivity contribution in [1.82, 2.24) is 4.98 Å². The highest BCUT2D eigenvalue weighted by Crippen LogP contribution is 2.44. The number of aliphatic hydroxyl groups excluding tert-OH is 1. The maximum atomic E-state index is 13.5. The first kappa shape index (κ1) is 22.7. The maximum Gasteiger partial charge on any atom is 0.416 e. The molecule has 1 amide bonds. The predicted molar refractivity (Wildman–Crippen MR) is 118 cm³/mol. The highest BCUT2D eigenvalue weighted by atomic mass is 32.1. The van der Waals surface area contributed by atoms with Crippen molar-refractivity contribution in [2.75, 3.05) is 4.90 Å². The summed E-state index contributed by atoms with van der Waals surface area (Å²) in [6, 6.07) is 10.1. The number of benzene rings is 2. The van der Waals surface area contributed by atoms with E-state index >= 15 is 0 Å². The lowest BCUT2D eigenvalue weighted by Crippen LogP contribution is -2.31. The Kier molecular flexibility index (Phi) is 5.61. The maximum absolute atomic E-state index is 13.5. The van der Waals surface area contributed by atoms with Crippen LogP contribution in [0, 0.1) is 20.8 Å². The molecular formula is C24H19F3N2O3S. The van der Waals surface area contributed by atoms with Gasteiger partial charge in [0.2, 0.25) is 5.78 Å². The van der Waals surface area contributed by atoms with Gasteiger partial charge < -0.3 is 5.11 Å². The number of ketones is 1. The van der Waals surface area contributed by atoms with Gasteiger partial charge in [-0.15, -0.1) is 11.3 Å². The van der Waals surface area contributed by atoms with E-state index in [-0.39, 0.29) is 16.1 Å². The van der Waals surface area contributed by atoms with E-state index in [9.17, 15) is 27.9 Å². The second kappa shape index (κ2) is 8.15. The molecule has 33 heavy (non-hydrogen) atoms. The average Bonchev–Trinajstić information content (AvgIpc) is 3.23. The number of thiazole rings is 1. The molecular weight excluding hydrogens is 453 g/mol. The number of halogens is 3. The minimum absolute atomic E-state index is 0.0744. The molecule has 1 unspecified atom stereocenters. The molecule has 0 fully saturated rings. The molecule has 0 spiro atoms. The molecule has 1 aromatic heterocycles. The Morgan fingerprint density at radius 1 is 1.09 bits per heavy atom. The predicted octanol–water partition coefficient (Wildman–Crippen LogP) is 5.87. The Bertz CT molecular complexity index is 1310. The van der Waals surface area contributed by atoms with Crippen LogP contribution in [0.4, 0.5) is 18.9 Å². The molecule has 1 aliphatic heterocycles. The summed E-state index contributed by atoms with van der Waals surface area (Å²) in [6.07, 6.45) is -4.62. The van der Waals surface area contributed by atoms with Gasteiger partial charge in [0.15, 0.2) is 5.76 Å². The summed E-state index contributed by atoms with van der Waals surface area (Å²) in [5.41, 5.74) is 0.493. The fourth-order valence-corrected chi connectivity index (χ4v) is 4.86. The number of hydrogen-bond acceptors (Lipinski definition) is 5. The summed E-state index contributed by atoms with van der Waals surface area (Å²) in [7, 11) is 0. The molecule has 0 aliphatic carbocycles. The van der Waals surface area contributed by atoms with E-state index in [1.165, 1.54) is 12.1 Å². The van der Waals surface area contributed by atoms with Crippen molar-refractivity contribution < 1.29 is 27.9 Å². The highest BCUT2D eigenvalue weighted by molar-refractivity contribution is 7.14. The summed E-state index contributed by atoms with van der Waals surface area (Å²) in [5.74, 6) is -2.30.